The second kappa shape index (κ2) is 12.4. The van der Waals surface area contributed by atoms with Crippen molar-refractivity contribution in [1.82, 2.24) is 15.1 Å². The highest BCUT2D eigenvalue weighted by molar-refractivity contribution is 5.99. The number of amides is 3. The molecule has 11 heteroatoms. The molecule has 0 radical (unpaired) electrons. The summed E-state index contributed by atoms with van der Waals surface area (Å²) in [6.45, 7) is 0.0101. The average Bonchev–Trinajstić information content (AvgIpc) is 3.38. The second-order valence-corrected chi connectivity index (χ2v) is 9.21. The Bertz CT molecular complexity index is 1400. The van der Waals surface area contributed by atoms with Crippen molar-refractivity contribution >= 4 is 23.7 Å². The summed E-state index contributed by atoms with van der Waals surface area (Å²) in [6, 6.07) is 15.6. The molecule has 1 fully saturated rings. The maximum atomic E-state index is 13.9. The highest BCUT2D eigenvalue weighted by Gasteiger charge is 2.43. The molecular formula is C29H27F2N3O6. The number of rotatable bonds is 9. The van der Waals surface area contributed by atoms with Crippen molar-refractivity contribution in [2.45, 2.75) is 25.0 Å². The van der Waals surface area contributed by atoms with Gasteiger partial charge in [0.1, 0.15) is 17.4 Å². The molecule has 0 aliphatic carbocycles. The lowest BCUT2D eigenvalue weighted by molar-refractivity contribution is -0.142. The zero-order valence-corrected chi connectivity index (χ0v) is 21.6. The molecule has 3 aromatic carbocycles. The van der Waals surface area contributed by atoms with Gasteiger partial charge in [0, 0.05) is 18.7 Å². The van der Waals surface area contributed by atoms with Crippen LogP contribution in [-0.2, 0) is 20.8 Å². The van der Waals surface area contributed by atoms with Crippen LogP contribution in [0.25, 0.3) is 0 Å². The van der Waals surface area contributed by atoms with Gasteiger partial charge in [0.05, 0.1) is 26.0 Å². The van der Waals surface area contributed by atoms with Crippen LogP contribution in [0.5, 0.6) is 5.75 Å². The van der Waals surface area contributed by atoms with E-state index in [1.807, 2.05) is 0 Å². The Balaban J connectivity index is 1.63. The number of nitrogens with zero attached hydrogens (tertiary/aromatic N) is 2. The summed E-state index contributed by atoms with van der Waals surface area (Å²) in [4.78, 5) is 54.4. The Hall–Kier alpha value is -4.80. The molecule has 2 unspecified atom stereocenters. The monoisotopic (exact) mass is 551 g/mol. The van der Waals surface area contributed by atoms with Crippen LogP contribution in [0.4, 0.5) is 8.78 Å². The number of carboxylic acid groups (broad SMARTS) is 1. The normalized spacial score (nSPS) is 15.4. The van der Waals surface area contributed by atoms with Gasteiger partial charge in [0.25, 0.3) is 11.8 Å². The van der Waals surface area contributed by atoms with Gasteiger partial charge < -0.3 is 25.0 Å². The highest BCUT2D eigenvalue weighted by atomic mass is 19.1. The maximum Gasteiger partial charge on any atom is 0.305 e. The zero-order chi connectivity index (χ0) is 28.8. The van der Waals surface area contributed by atoms with Crippen LogP contribution >= 0.6 is 0 Å². The van der Waals surface area contributed by atoms with Crippen molar-refractivity contribution in [3.8, 4) is 5.75 Å². The van der Waals surface area contributed by atoms with Gasteiger partial charge in [-0.05, 0) is 53.6 Å². The van der Waals surface area contributed by atoms with Gasteiger partial charge in [-0.1, -0.05) is 30.3 Å². The third-order valence-electron chi connectivity index (χ3n) is 6.54. The van der Waals surface area contributed by atoms with E-state index in [4.69, 9.17) is 4.74 Å². The van der Waals surface area contributed by atoms with E-state index >= 15 is 0 Å². The molecule has 0 bridgehead atoms. The predicted octanol–water partition coefficient (Wildman–Crippen LogP) is 3.16. The van der Waals surface area contributed by atoms with E-state index in [1.54, 1.807) is 24.3 Å². The lowest BCUT2D eigenvalue weighted by atomic mass is 10.0. The average molecular weight is 552 g/mol. The largest absolute Gasteiger partial charge is 0.497 e. The molecule has 4 rings (SSSR count). The van der Waals surface area contributed by atoms with E-state index < -0.39 is 54.0 Å². The fourth-order valence-corrected chi connectivity index (χ4v) is 4.56. The minimum atomic E-state index is -1.43. The van der Waals surface area contributed by atoms with E-state index in [1.165, 1.54) is 42.3 Å². The van der Waals surface area contributed by atoms with Gasteiger partial charge in [-0.3, -0.25) is 19.2 Å². The fraction of sp³-hybridized carbons (Fsp3) is 0.241. The third-order valence-corrected chi connectivity index (χ3v) is 6.54. The lowest BCUT2D eigenvalue weighted by Gasteiger charge is -2.31. The molecule has 3 amide bonds. The van der Waals surface area contributed by atoms with E-state index in [0.29, 0.717) is 16.9 Å². The van der Waals surface area contributed by atoms with Gasteiger partial charge in [0.2, 0.25) is 5.91 Å². The molecule has 0 saturated carbocycles. The first-order valence-electron chi connectivity index (χ1n) is 12.4. The number of carbonyl (C=O) groups excluding carboxylic acids is 3. The third kappa shape index (κ3) is 6.60. The highest BCUT2D eigenvalue weighted by Crippen LogP contribution is 2.24. The Morgan fingerprint density at radius 3 is 2.25 bits per heavy atom. The predicted molar refractivity (Wildman–Crippen MR) is 139 cm³/mol. The van der Waals surface area contributed by atoms with Crippen LogP contribution in [0.1, 0.15) is 33.9 Å². The molecule has 208 valence electrons. The molecule has 40 heavy (non-hydrogen) atoms. The second-order valence-electron chi connectivity index (χ2n) is 9.21. The number of ether oxygens (including phenoxy) is 1. The summed E-state index contributed by atoms with van der Waals surface area (Å²) in [5.41, 5.74) is 0.965. The van der Waals surface area contributed by atoms with Gasteiger partial charge in [-0.2, -0.15) is 0 Å². The summed E-state index contributed by atoms with van der Waals surface area (Å²) in [6.07, 6.45) is -2.04. The molecule has 3 aromatic rings. The van der Waals surface area contributed by atoms with E-state index in [2.05, 4.69) is 5.32 Å². The number of methoxy groups -OCH3 is 1. The molecule has 1 saturated heterocycles. The number of hydrogen-bond donors (Lipinski definition) is 2. The topological polar surface area (TPSA) is 116 Å². The number of carboxylic acids is 1. The summed E-state index contributed by atoms with van der Waals surface area (Å²) in [5.74, 6) is -3.72. The first-order chi connectivity index (χ1) is 19.2. The van der Waals surface area contributed by atoms with Crippen molar-refractivity contribution in [2.75, 3.05) is 20.2 Å². The van der Waals surface area contributed by atoms with Crippen molar-refractivity contribution in [3.05, 3.63) is 101 Å². The summed E-state index contributed by atoms with van der Waals surface area (Å²) in [7, 11) is 1.52. The van der Waals surface area contributed by atoms with Gasteiger partial charge >= 0.3 is 5.97 Å². The Morgan fingerprint density at radius 1 is 0.950 bits per heavy atom. The maximum absolute atomic E-state index is 13.9. The first kappa shape index (κ1) is 28.2. The lowest BCUT2D eigenvalue weighted by Crippen LogP contribution is -2.54. The zero-order valence-electron chi connectivity index (χ0n) is 21.6. The molecule has 1 heterocycles. The molecule has 2 N–H and O–H groups in total. The molecule has 1 aliphatic heterocycles. The summed E-state index contributed by atoms with van der Waals surface area (Å²) >= 11 is 0. The van der Waals surface area contributed by atoms with Crippen molar-refractivity contribution in [3.63, 3.8) is 0 Å². The Morgan fingerprint density at radius 2 is 1.62 bits per heavy atom. The molecular weight excluding hydrogens is 524 g/mol. The number of hydrogen-bond acceptors (Lipinski definition) is 5. The summed E-state index contributed by atoms with van der Waals surface area (Å²) < 4.78 is 32.5. The number of aliphatic carboxylic acids is 1. The van der Waals surface area contributed by atoms with Crippen LogP contribution in [0.15, 0.2) is 72.8 Å². The fourth-order valence-electron chi connectivity index (χ4n) is 4.56. The van der Waals surface area contributed by atoms with Gasteiger partial charge in [-0.25, -0.2) is 8.78 Å². The minimum absolute atomic E-state index is 0.0112. The quantitative estimate of drug-likeness (QED) is 0.422. The number of halogens is 2. The molecule has 0 spiro atoms. The SMILES string of the molecule is COc1ccc(CC(=O)N2CCN(C(=O)c3cccc(F)c3)C2C(=O)NC(CC(=O)O)c2ccc(F)cc2)cc1. The van der Waals surface area contributed by atoms with E-state index in [9.17, 15) is 33.1 Å². The van der Waals surface area contributed by atoms with Crippen LogP contribution < -0.4 is 10.1 Å². The van der Waals surface area contributed by atoms with Gasteiger partial charge in [-0.15, -0.1) is 0 Å². The molecule has 9 nitrogen and oxygen atoms in total. The smallest absolute Gasteiger partial charge is 0.305 e. The van der Waals surface area contributed by atoms with Crippen LogP contribution in [0.2, 0.25) is 0 Å². The molecule has 0 aromatic heterocycles. The first-order valence-corrected chi connectivity index (χ1v) is 12.4. The molecule has 2 atom stereocenters. The Kier molecular flexibility index (Phi) is 8.73. The minimum Gasteiger partial charge on any atom is -0.497 e. The van der Waals surface area contributed by atoms with Gasteiger partial charge in [0.15, 0.2) is 6.17 Å². The summed E-state index contributed by atoms with van der Waals surface area (Å²) in [5, 5.41) is 12.1. The number of carbonyl (C=O) groups is 4. The Labute approximate surface area is 229 Å². The van der Waals surface area contributed by atoms with Crippen molar-refractivity contribution in [1.29, 1.82) is 0 Å². The van der Waals surface area contributed by atoms with Crippen LogP contribution in [0, 0.1) is 11.6 Å². The van der Waals surface area contributed by atoms with Crippen molar-refractivity contribution < 1.29 is 37.8 Å². The van der Waals surface area contributed by atoms with Crippen LogP contribution in [-0.4, -0.2) is 65.0 Å². The number of benzene rings is 3. The van der Waals surface area contributed by atoms with Crippen molar-refractivity contribution in [2.24, 2.45) is 0 Å². The van der Waals surface area contributed by atoms with Crippen LogP contribution in [0.3, 0.4) is 0 Å². The molecule has 1 aliphatic rings. The standard InChI is InChI=1S/C29H27F2N3O6/c1-40-23-11-5-18(6-12-23)15-25(35)33-13-14-34(29(39)20-3-2-4-22(31)16-20)28(33)27(38)32-24(17-26(36)37)19-7-9-21(30)10-8-19/h2-12,16,24,28H,13-15,17H2,1H3,(H,32,38)(H,36,37). The van der Waals surface area contributed by atoms with E-state index in [0.717, 1.165) is 23.1 Å². The number of nitrogens with one attached hydrogen (secondary N) is 1. The van der Waals surface area contributed by atoms with E-state index in [-0.39, 0.29) is 25.1 Å².